The van der Waals surface area contributed by atoms with E-state index in [9.17, 15) is 0 Å². The third-order valence-electron chi connectivity index (χ3n) is 2.80. The number of halogens is 1. The fraction of sp³-hybridized carbons (Fsp3) is 0.571. The summed E-state index contributed by atoms with van der Waals surface area (Å²) < 4.78 is 0. The van der Waals surface area contributed by atoms with Gasteiger partial charge >= 0.3 is 0 Å². The Morgan fingerprint density at radius 3 is 1.81 bits per heavy atom. The van der Waals surface area contributed by atoms with Crippen LogP contribution in [0.4, 0.5) is 5.69 Å². The van der Waals surface area contributed by atoms with Crippen LogP contribution in [0.3, 0.4) is 0 Å². The van der Waals surface area contributed by atoms with Crippen molar-refractivity contribution in [2.24, 2.45) is 0 Å². The first-order chi connectivity index (χ1) is 7.03. The summed E-state index contributed by atoms with van der Waals surface area (Å²) in [6.45, 7) is 13.0. The van der Waals surface area contributed by atoms with Crippen molar-refractivity contribution in [3.8, 4) is 0 Å². The van der Waals surface area contributed by atoms with Crippen LogP contribution >= 0.6 is 11.6 Å². The van der Waals surface area contributed by atoms with Crippen LogP contribution in [0.5, 0.6) is 0 Å². The fourth-order valence-electron chi connectivity index (χ4n) is 1.67. The smallest absolute Gasteiger partial charge is 0.0641 e. The summed E-state index contributed by atoms with van der Waals surface area (Å²) >= 11 is 6.21. The maximum Gasteiger partial charge on any atom is 0.0641 e. The molecule has 0 aliphatic rings. The molecule has 2 heteroatoms. The lowest BCUT2D eigenvalue weighted by Crippen LogP contribution is -2.18. The first kappa shape index (κ1) is 13.4. The van der Waals surface area contributed by atoms with Gasteiger partial charge in [-0.2, -0.15) is 0 Å². The molecule has 1 aromatic rings. The summed E-state index contributed by atoms with van der Waals surface area (Å²) in [5.74, 6) is 0. The predicted molar refractivity (Wildman–Crippen MR) is 73.3 cm³/mol. The SMILES string of the molecule is CC(C)(C)c1cc(Cl)c(N)c(C(C)(C)C)c1. The molecule has 0 radical (unpaired) electrons. The van der Waals surface area contributed by atoms with Crippen molar-refractivity contribution in [1.29, 1.82) is 0 Å². The van der Waals surface area contributed by atoms with Crippen LogP contribution in [0.15, 0.2) is 12.1 Å². The van der Waals surface area contributed by atoms with E-state index in [1.807, 2.05) is 6.07 Å². The molecule has 0 unspecified atom stereocenters. The standard InChI is InChI=1S/C14H22ClN/c1-13(2,3)9-7-10(14(4,5)6)12(16)11(15)8-9/h7-8H,16H2,1-6H3. The lowest BCUT2D eigenvalue weighted by atomic mass is 9.80. The van der Waals surface area contributed by atoms with Gasteiger partial charge in [0.25, 0.3) is 0 Å². The van der Waals surface area contributed by atoms with Gasteiger partial charge in [-0.3, -0.25) is 0 Å². The van der Waals surface area contributed by atoms with Gasteiger partial charge in [0, 0.05) is 0 Å². The van der Waals surface area contributed by atoms with Gasteiger partial charge < -0.3 is 5.73 Å². The molecule has 0 heterocycles. The van der Waals surface area contributed by atoms with Crippen molar-refractivity contribution in [3.05, 3.63) is 28.3 Å². The Morgan fingerprint density at radius 1 is 0.938 bits per heavy atom. The predicted octanol–water partition coefficient (Wildman–Crippen LogP) is 4.52. The van der Waals surface area contributed by atoms with E-state index >= 15 is 0 Å². The molecule has 0 amide bonds. The highest BCUT2D eigenvalue weighted by atomic mass is 35.5. The lowest BCUT2D eigenvalue weighted by Gasteiger charge is -2.27. The van der Waals surface area contributed by atoms with E-state index in [1.54, 1.807) is 0 Å². The molecule has 0 atom stereocenters. The van der Waals surface area contributed by atoms with Crippen molar-refractivity contribution >= 4 is 17.3 Å². The van der Waals surface area contributed by atoms with Crippen molar-refractivity contribution in [2.75, 3.05) is 5.73 Å². The van der Waals surface area contributed by atoms with Crippen LogP contribution in [-0.2, 0) is 10.8 Å². The van der Waals surface area contributed by atoms with Crippen LogP contribution in [-0.4, -0.2) is 0 Å². The van der Waals surface area contributed by atoms with Gasteiger partial charge in [0.2, 0.25) is 0 Å². The van der Waals surface area contributed by atoms with Gasteiger partial charge in [0.1, 0.15) is 0 Å². The van der Waals surface area contributed by atoms with Crippen LogP contribution in [0.1, 0.15) is 52.7 Å². The highest BCUT2D eigenvalue weighted by Gasteiger charge is 2.23. The van der Waals surface area contributed by atoms with Gasteiger partial charge in [-0.05, 0) is 28.0 Å². The van der Waals surface area contributed by atoms with E-state index in [1.165, 1.54) is 5.56 Å². The summed E-state index contributed by atoms with van der Waals surface area (Å²) in [6.07, 6.45) is 0. The third-order valence-corrected chi connectivity index (χ3v) is 3.12. The Labute approximate surface area is 104 Å². The Kier molecular flexibility index (Phi) is 3.31. The lowest BCUT2D eigenvalue weighted by molar-refractivity contribution is 0.570. The average molecular weight is 240 g/mol. The van der Waals surface area contributed by atoms with E-state index in [0.717, 1.165) is 5.56 Å². The molecule has 0 fully saturated rings. The number of nitrogens with two attached hydrogens (primary N) is 1. The topological polar surface area (TPSA) is 26.0 Å². The molecular weight excluding hydrogens is 218 g/mol. The maximum absolute atomic E-state index is 6.21. The summed E-state index contributed by atoms with van der Waals surface area (Å²) in [4.78, 5) is 0. The Bertz CT molecular complexity index is 394. The molecule has 0 aliphatic heterocycles. The Morgan fingerprint density at radius 2 is 1.44 bits per heavy atom. The van der Waals surface area contributed by atoms with E-state index < -0.39 is 0 Å². The average Bonchev–Trinajstić information content (AvgIpc) is 2.05. The van der Waals surface area contributed by atoms with Crippen molar-refractivity contribution < 1.29 is 0 Å². The minimum Gasteiger partial charge on any atom is -0.397 e. The van der Waals surface area contributed by atoms with Gasteiger partial charge in [-0.15, -0.1) is 0 Å². The second kappa shape index (κ2) is 3.96. The molecule has 0 bridgehead atoms. The second-order valence-corrected chi connectivity index (χ2v) is 6.83. The molecule has 0 spiro atoms. The molecule has 2 N–H and O–H groups in total. The van der Waals surface area contributed by atoms with Crippen molar-refractivity contribution in [3.63, 3.8) is 0 Å². The van der Waals surface area contributed by atoms with Crippen LogP contribution in [0, 0.1) is 0 Å². The zero-order chi connectivity index (χ0) is 12.7. The molecule has 0 saturated carbocycles. The molecule has 0 aromatic heterocycles. The van der Waals surface area contributed by atoms with Gasteiger partial charge in [-0.1, -0.05) is 59.2 Å². The van der Waals surface area contributed by atoms with Crippen molar-refractivity contribution in [1.82, 2.24) is 0 Å². The second-order valence-electron chi connectivity index (χ2n) is 6.42. The quantitative estimate of drug-likeness (QED) is 0.662. The highest BCUT2D eigenvalue weighted by molar-refractivity contribution is 6.33. The molecule has 1 nitrogen and oxygen atoms in total. The summed E-state index contributed by atoms with van der Waals surface area (Å²) in [6, 6.07) is 4.16. The van der Waals surface area contributed by atoms with Crippen LogP contribution in [0.2, 0.25) is 5.02 Å². The molecule has 1 rings (SSSR count). The van der Waals surface area contributed by atoms with Crippen molar-refractivity contribution in [2.45, 2.75) is 52.4 Å². The largest absolute Gasteiger partial charge is 0.397 e. The monoisotopic (exact) mass is 239 g/mol. The van der Waals surface area contributed by atoms with E-state index in [2.05, 4.69) is 47.6 Å². The van der Waals surface area contributed by atoms with Gasteiger partial charge in [-0.25, -0.2) is 0 Å². The minimum atomic E-state index is 0.0228. The Balaban J connectivity index is 3.46. The normalized spacial score (nSPS) is 12.9. The zero-order valence-electron chi connectivity index (χ0n) is 11.1. The van der Waals surface area contributed by atoms with E-state index in [0.29, 0.717) is 10.7 Å². The van der Waals surface area contributed by atoms with Gasteiger partial charge in [0.15, 0.2) is 0 Å². The summed E-state index contributed by atoms with van der Waals surface area (Å²) in [7, 11) is 0. The fourth-order valence-corrected chi connectivity index (χ4v) is 1.89. The zero-order valence-corrected chi connectivity index (χ0v) is 11.9. The number of hydrogen-bond donors (Lipinski definition) is 1. The molecule has 0 saturated heterocycles. The number of benzene rings is 1. The number of anilines is 1. The molecule has 1 aromatic carbocycles. The third kappa shape index (κ3) is 2.70. The van der Waals surface area contributed by atoms with E-state index in [4.69, 9.17) is 17.3 Å². The molecule has 16 heavy (non-hydrogen) atoms. The molecular formula is C14H22ClN. The Hall–Kier alpha value is -0.690. The summed E-state index contributed by atoms with van der Waals surface area (Å²) in [5, 5.41) is 0.664. The highest BCUT2D eigenvalue weighted by Crippen LogP contribution is 2.37. The first-order valence-electron chi connectivity index (χ1n) is 5.63. The number of rotatable bonds is 0. The summed E-state index contributed by atoms with van der Waals surface area (Å²) in [5.41, 5.74) is 9.24. The van der Waals surface area contributed by atoms with Gasteiger partial charge in [0.05, 0.1) is 10.7 Å². The molecule has 90 valence electrons. The van der Waals surface area contributed by atoms with E-state index in [-0.39, 0.29) is 10.8 Å². The molecule has 0 aliphatic carbocycles. The first-order valence-corrected chi connectivity index (χ1v) is 6.01. The number of hydrogen-bond acceptors (Lipinski definition) is 1. The van der Waals surface area contributed by atoms with Crippen LogP contribution < -0.4 is 5.73 Å². The maximum atomic E-state index is 6.21. The van der Waals surface area contributed by atoms with Crippen LogP contribution in [0.25, 0.3) is 0 Å². The number of nitrogen functional groups attached to an aromatic ring is 1. The minimum absolute atomic E-state index is 0.0228.